The summed E-state index contributed by atoms with van der Waals surface area (Å²) in [6.07, 6.45) is 3.50. The minimum atomic E-state index is -0.0648. The molecule has 3 aromatic rings. The van der Waals surface area contributed by atoms with Crippen molar-refractivity contribution in [2.75, 3.05) is 46.0 Å². The summed E-state index contributed by atoms with van der Waals surface area (Å²) < 4.78 is 25.4. The third-order valence-electron chi connectivity index (χ3n) is 5.23. The number of ether oxygens (including phenoxy) is 4. The molecule has 1 fully saturated rings. The molecule has 0 amide bonds. The second-order valence-electron chi connectivity index (χ2n) is 7.82. The summed E-state index contributed by atoms with van der Waals surface area (Å²) in [7, 11) is 3.29. The molecule has 1 N–H and O–H groups in total. The highest BCUT2D eigenvalue weighted by Crippen LogP contribution is 2.30. The predicted molar refractivity (Wildman–Crippen MR) is 116 cm³/mol. The Labute approximate surface area is 185 Å². The molecule has 0 spiro atoms. The smallest absolute Gasteiger partial charge is 0.257 e. The number of fused-ring (bicyclic) bond motifs is 1. The summed E-state index contributed by atoms with van der Waals surface area (Å²) >= 11 is 0. The molecule has 0 aromatic carbocycles. The van der Waals surface area contributed by atoms with Crippen LogP contribution in [-0.4, -0.2) is 71.1 Å². The fourth-order valence-corrected chi connectivity index (χ4v) is 3.57. The molecular formula is C21H27N7O4. The zero-order valence-corrected chi connectivity index (χ0v) is 18.6. The minimum Gasteiger partial charge on any atom is -0.467 e. The van der Waals surface area contributed by atoms with E-state index in [1.165, 1.54) is 0 Å². The molecule has 4 rings (SSSR count). The number of hydrogen-bond acceptors (Lipinski definition) is 9. The highest BCUT2D eigenvalue weighted by molar-refractivity contribution is 5.79. The first-order valence-corrected chi connectivity index (χ1v) is 10.4. The van der Waals surface area contributed by atoms with Crippen LogP contribution in [0.5, 0.6) is 5.88 Å². The molecule has 11 heteroatoms. The second kappa shape index (κ2) is 9.52. The van der Waals surface area contributed by atoms with Crippen molar-refractivity contribution in [2.24, 2.45) is 0 Å². The molecule has 0 saturated carbocycles. The van der Waals surface area contributed by atoms with Gasteiger partial charge in [-0.25, -0.2) is 4.98 Å². The molecule has 1 aliphatic rings. The van der Waals surface area contributed by atoms with Crippen LogP contribution in [0.25, 0.3) is 11.0 Å². The Morgan fingerprint density at radius 2 is 2.00 bits per heavy atom. The average molecular weight is 441 g/mol. The third-order valence-corrected chi connectivity index (χ3v) is 5.23. The van der Waals surface area contributed by atoms with Gasteiger partial charge in [0.2, 0.25) is 5.95 Å². The van der Waals surface area contributed by atoms with Gasteiger partial charge in [0.15, 0.2) is 0 Å². The summed E-state index contributed by atoms with van der Waals surface area (Å²) in [5.74, 6) is 0.824. The average Bonchev–Trinajstić information content (AvgIpc) is 3.32. The normalized spacial score (nSPS) is 15.8. The Balaban J connectivity index is 1.67. The molecule has 4 heterocycles. The number of hydrogen-bond donors (Lipinski definition) is 1. The van der Waals surface area contributed by atoms with Gasteiger partial charge in [0.1, 0.15) is 29.2 Å². The Morgan fingerprint density at radius 3 is 2.66 bits per heavy atom. The summed E-state index contributed by atoms with van der Waals surface area (Å²) in [5.41, 5.74) is 1.80. The van der Waals surface area contributed by atoms with Gasteiger partial charge in [0.05, 0.1) is 44.7 Å². The second-order valence-corrected chi connectivity index (χ2v) is 7.82. The van der Waals surface area contributed by atoms with Crippen LogP contribution < -0.4 is 10.1 Å². The van der Waals surface area contributed by atoms with E-state index in [0.717, 1.165) is 5.39 Å². The summed E-state index contributed by atoms with van der Waals surface area (Å²) in [6.45, 7) is 6.02. The Hall–Kier alpha value is -3.20. The van der Waals surface area contributed by atoms with Crippen LogP contribution in [0.4, 0.5) is 11.6 Å². The van der Waals surface area contributed by atoms with Crippen LogP contribution in [0.15, 0.2) is 18.5 Å². The number of nitrogens with one attached hydrogen (secondary N) is 1. The monoisotopic (exact) mass is 441 g/mol. The van der Waals surface area contributed by atoms with E-state index >= 15 is 0 Å². The van der Waals surface area contributed by atoms with Gasteiger partial charge in [-0.15, -0.1) is 5.10 Å². The highest BCUT2D eigenvalue weighted by Gasteiger charge is 2.25. The van der Waals surface area contributed by atoms with Crippen molar-refractivity contribution in [2.45, 2.75) is 32.0 Å². The summed E-state index contributed by atoms with van der Waals surface area (Å²) in [5, 5.41) is 18.1. The van der Waals surface area contributed by atoms with Gasteiger partial charge in [-0.1, -0.05) is 0 Å². The van der Waals surface area contributed by atoms with Gasteiger partial charge >= 0.3 is 0 Å². The van der Waals surface area contributed by atoms with E-state index in [9.17, 15) is 5.26 Å². The molecule has 0 bridgehead atoms. The number of nitriles is 1. The van der Waals surface area contributed by atoms with E-state index in [0.29, 0.717) is 55.3 Å². The first-order valence-electron chi connectivity index (χ1n) is 10.4. The lowest BCUT2D eigenvalue weighted by atomic mass is 10.3. The first kappa shape index (κ1) is 22.0. The van der Waals surface area contributed by atoms with Gasteiger partial charge in [0, 0.05) is 25.8 Å². The number of aromatic nitrogens is 5. The number of anilines is 2. The maximum atomic E-state index is 9.57. The van der Waals surface area contributed by atoms with E-state index in [2.05, 4.69) is 26.5 Å². The van der Waals surface area contributed by atoms with E-state index in [-0.39, 0.29) is 18.2 Å². The lowest BCUT2D eigenvalue weighted by Gasteiger charge is -2.26. The SMILES string of the molecule is COCC(C)n1cc(Nc2ncc3cc(C#N)n([C@@H](C)COC)c3n2)c(OC2COC2)n1. The van der Waals surface area contributed by atoms with Crippen LogP contribution in [0.2, 0.25) is 0 Å². The molecule has 170 valence electrons. The van der Waals surface area contributed by atoms with Crippen molar-refractivity contribution >= 4 is 22.7 Å². The topological polar surface area (TPSA) is 121 Å². The van der Waals surface area contributed by atoms with E-state index in [1.54, 1.807) is 31.2 Å². The van der Waals surface area contributed by atoms with Crippen molar-refractivity contribution < 1.29 is 18.9 Å². The summed E-state index contributed by atoms with van der Waals surface area (Å²) in [4.78, 5) is 9.10. The predicted octanol–water partition coefficient (Wildman–Crippen LogP) is 2.44. The highest BCUT2D eigenvalue weighted by atomic mass is 16.6. The third kappa shape index (κ3) is 4.38. The van der Waals surface area contributed by atoms with Gasteiger partial charge in [-0.3, -0.25) is 4.68 Å². The molecule has 32 heavy (non-hydrogen) atoms. The molecule has 1 aliphatic heterocycles. The van der Waals surface area contributed by atoms with Gasteiger partial charge in [-0.05, 0) is 19.9 Å². The van der Waals surface area contributed by atoms with Crippen molar-refractivity contribution in [3.8, 4) is 11.9 Å². The maximum Gasteiger partial charge on any atom is 0.257 e. The maximum absolute atomic E-state index is 9.57. The molecule has 0 aliphatic carbocycles. The Morgan fingerprint density at radius 1 is 1.25 bits per heavy atom. The molecule has 1 unspecified atom stereocenters. The van der Waals surface area contributed by atoms with Crippen LogP contribution >= 0.6 is 0 Å². The Kier molecular flexibility index (Phi) is 6.55. The zero-order valence-electron chi connectivity index (χ0n) is 18.6. The number of methoxy groups -OCH3 is 2. The van der Waals surface area contributed by atoms with Gasteiger partial charge in [0.25, 0.3) is 5.88 Å². The van der Waals surface area contributed by atoms with Crippen LogP contribution in [0.1, 0.15) is 31.6 Å². The largest absolute Gasteiger partial charge is 0.467 e. The van der Waals surface area contributed by atoms with E-state index in [1.807, 2.05) is 24.6 Å². The molecule has 11 nitrogen and oxygen atoms in total. The number of nitrogens with zero attached hydrogens (tertiary/aromatic N) is 6. The molecule has 0 radical (unpaired) electrons. The molecular weight excluding hydrogens is 414 g/mol. The summed E-state index contributed by atoms with van der Waals surface area (Å²) in [6, 6.07) is 3.96. The quantitative estimate of drug-likeness (QED) is 0.505. The van der Waals surface area contributed by atoms with Crippen LogP contribution in [0.3, 0.4) is 0 Å². The van der Waals surface area contributed by atoms with Crippen molar-refractivity contribution in [3.05, 3.63) is 24.2 Å². The van der Waals surface area contributed by atoms with Crippen molar-refractivity contribution in [1.82, 2.24) is 24.3 Å². The van der Waals surface area contributed by atoms with Crippen LogP contribution in [0, 0.1) is 11.3 Å². The van der Waals surface area contributed by atoms with Crippen LogP contribution in [-0.2, 0) is 14.2 Å². The lowest BCUT2D eigenvalue weighted by molar-refractivity contribution is -0.0813. The van der Waals surface area contributed by atoms with Crippen molar-refractivity contribution in [1.29, 1.82) is 5.26 Å². The van der Waals surface area contributed by atoms with Gasteiger partial charge in [-0.2, -0.15) is 10.2 Å². The zero-order chi connectivity index (χ0) is 22.7. The minimum absolute atomic E-state index is 0.0178. The number of rotatable bonds is 10. The molecule has 2 atom stereocenters. The fraction of sp³-hybridized carbons (Fsp3) is 0.524. The standard InChI is InChI=1S/C21H27N7O4/c1-13(9-29-3)27-8-18(20(26-27)32-17-11-31-12-17)24-21-23-7-15-5-16(6-22)28(19(15)25-21)14(2)10-30-4/h5,7-8,13-14,17H,9-12H2,1-4H3,(H,23,24,25)/t13?,14-/m0/s1. The van der Waals surface area contributed by atoms with Gasteiger partial charge < -0.3 is 28.8 Å². The first-order chi connectivity index (χ1) is 15.5. The Bertz CT molecular complexity index is 1120. The van der Waals surface area contributed by atoms with E-state index < -0.39 is 0 Å². The lowest BCUT2D eigenvalue weighted by Crippen LogP contribution is -2.38. The molecule has 1 saturated heterocycles. The molecule has 3 aromatic heterocycles. The van der Waals surface area contributed by atoms with Crippen molar-refractivity contribution in [3.63, 3.8) is 0 Å². The van der Waals surface area contributed by atoms with E-state index in [4.69, 9.17) is 18.9 Å². The fourth-order valence-electron chi connectivity index (χ4n) is 3.57.